The van der Waals surface area contributed by atoms with Crippen molar-refractivity contribution in [2.75, 3.05) is 5.73 Å². The summed E-state index contributed by atoms with van der Waals surface area (Å²) in [6.07, 6.45) is -3.94. The maximum atomic E-state index is 13.0. The minimum absolute atomic E-state index is 0.0375. The molecule has 0 saturated carbocycles. The van der Waals surface area contributed by atoms with E-state index >= 15 is 0 Å². The molecule has 0 fully saturated rings. The van der Waals surface area contributed by atoms with Crippen LogP contribution in [0.2, 0.25) is 15.1 Å². The van der Waals surface area contributed by atoms with Crippen molar-refractivity contribution >= 4 is 40.6 Å². The van der Waals surface area contributed by atoms with Crippen LogP contribution >= 0.6 is 34.8 Å². The Bertz CT molecular complexity index is 672. The van der Waals surface area contributed by atoms with Crippen molar-refractivity contribution < 1.29 is 13.2 Å². The van der Waals surface area contributed by atoms with E-state index in [4.69, 9.17) is 40.5 Å². The first-order chi connectivity index (χ1) is 9.20. The minimum Gasteiger partial charge on any atom is -0.384 e. The van der Waals surface area contributed by atoms with Crippen LogP contribution in [0.1, 0.15) is 5.56 Å². The van der Waals surface area contributed by atoms with Gasteiger partial charge in [0.25, 0.3) is 0 Å². The van der Waals surface area contributed by atoms with Gasteiger partial charge in [-0.2, -0.15) is 13.2 Å². The van der Waals surface area contributed by atoms with E-state index in [0.717, 1.165) is 6.07 Å². The Morgan fingerprint density at radius 3 is 2.10 bits per heavy atom. The molecule has 106 valence electrons. The van der Waals surface area contributed by atoms with Crippen LogP contribution in [0.3, 0.4) is 0 Å². The van der Waals surface area contributed by atoms with E-state index < -0.39 is 11.7 Å². The van der Waals surface area contributed by atoms with E-state index in [1.54, 1.807) is 0 Å². The molecule has 8 heteroatoms. The Morgan fingerprint density at radius 1 is 0.900 bits per heavy atom. The predicted octanol–water partition coefficient (Wildman–Crippen LogP) is 5.31. The fraction of sp³-hybridized carbons (Fsp3) is 0.0833. The van der Waals surface area contributed by atoms with Crippen molar-refractivity contribution in [2.24, 2.45) is 0 Å². The van der Waals surface area contributed by atoms with Crippen LogP contribution in [0.4, 0.5) is 19.0 Å². The fourth-order valence-corrected chi connectivity index (χ4v) is 2.30. The normalized spacial score (nSPS) is 11.7. The van der Waals surface area contributed by atoms with Crippen LogP contribution < -0.4 is 5.73 Å². The highest BCUT2D eigenvalue weighted by Crippen LogP contribution is 2.42. The molecule has 0 saturated heterocycles. The van der Waals surface area contributed by atoms with Gasteiger partial charge in [-0.1, -0.05) is 34.8 Å². The van der Waals surface area contributed by atoms with Gasteiger partial charge in [-0.25, -0.2) is 4.98 Å². The van der Waals surface area contributed by atoms with Gasteiger partial charge in [-0.15, -0.1) is 0 Å². The monoisotopic (exact) mass is 340 g/mol. The molecule has 1 aromatic carbocycles. The second-order valence-electron chi connectivity index (χ2n) is 3.90. The standard InChI is InChI=1S/C12H6Cl3F3N2/c13-8-3-10(15)9(14)1-6(8)5-2-11(19)20-4-7(5)12(16,17)18/h1-4H,(H2,19,20). The van der Waals surface area contributed by atoms with Crippen LogP contribution in [-0.4, -0.2) is 4.98 Å². The van der Waals surface area contributed by atoms with E-state index in [2.05, 4.69) is 4.98 Å². The van der Waals surface area contributed by atoms with Gasteiger partial charge in [0.05, 0.1) is 15.6 Å². The number of benzene rings is 1. The summed E-state index contributed by atoms with van der Waals surface area (Å²) in [5, 5.41) is 0.279. The summed E-state index contributed by atoms with van der Waals surface area (Å²) in [6.45, 7) is 0. The smallest absolute Gasteiger partial charge is 0.384 e. The molecule has 20 heavy (non-hydrogen) atoms. The van der Waals surface area contributed by atoms with Gasteiger partial charge in [-0.05, 0) is 18.2 Å². The van der Waals surface area contributed by atoms with Crippen LogP contribution in [0.15, 0.2) is 24.4 Å². The van der Waals surface area contributed by atoms with E-state index in [0.29, 0.717) is 6.20 Å². The third-order valence-electron chi connectivity index (χ3n) is 2.53. The summed E-state index contributed by atoms with van der Waals surface area (Å²) < 4.78 is 39.0. The maximum absolute atomic E-state index is 13.0. The Hall–Kier alpha value is -1.17. The second-order valence-corrected chi connectivity index (χ2v) is 5.12. The maximum Gasteiger partial charge on any atom is 0.418 e. The molecule has 1 heterocycles. The molecule has 0 spiro atoms. The lowest BCUT2D eigenvalue weighted by Crippen LogP contribution is -2.09. The Morgan fingerprint density at radius 2 is 1.50 bits per heavy atom. The molecule has 0 bridgehead atoms. The predicted molar refractivity (Wildman–Crippen MR) is 74.1 cm³/mol. The molecule has 0 atom stereocenters. The van der Waals surface area contributed by atoms with Crippen molar-refractivity contribution in [1.82, 2.24) is 4.98 Å². The molecule has 0 amide bonds. The summed E-state index contributed by atoms with van der Waals surface area (Å²) in [6, 6.07) is 3.63. The number of rotatable bonds is 1. The first-order valence-electron chi connectivity index (χ1n) is 5.18. The number of nitrogens with zero attached hydrogens (tertiary/aromatic N) is 1. The molecular formula is C12H6Cl3F3N2. The highest BCUT2D eigenvalue weighted by molar-refractivity contribution is 6.44. The second kappa shape index (κ2) is 5.31. The first kappa shape index (κ1) is 15.2. The molecule has 0 aliphatic rings. The zero-order chi connectivity index (χ0) is 15.1. The zero-order valence-corrected chi connectivity index (χ0v) is 11.9. The number of nitrogen functional groups attached to an aromatic ring is 1. The Kier molecular flexibility index (Phi) is 4.04. The number of aromatic nitrogens is 1. The molecule has 2 N–H and O–H groups in total. The van der Waals surface area contributed by atoms with E-state index in [9.17, 15) is 13.2 Å². The number of pyridine rings is 1. The lowest BCUT2D eigenvalue weighted by molar-refractivity contribution is -0.137. The Balaban J connectivity index is 2.75. The zero-order valence-electron chi connectivity index (χ0n) is 9.60. The average molecular weight is 342 g/mol. The van der Waals surface area contributed by atoms with Crippen LogP contribution in [-0.2, 0) is 6.18 Å². The van der Waals surface area contributed by atoms with Gasteiger partial charge in [-0.3, -0.25) is 0 Å². The van der Waals surface area contributed by atoms with E-state index in [1.807, 2.05) is 0 Å². The molecule has 0 aliphatic carbocycles. The van der Waals surface area contributed by atoms with Crippen molar-refractivity contribution in [3.8, 4) is 11.1 Å². The lowest BCUT2D eigenvalue weighted by Gasteiger charge is -2.14. The Labute approximate surface area is 127 Å². The van der Waals surface area contributed by atoms with Crippen molar-refractivity contribution in [1.29, 1.82) is 0 Å². The van der Waals surface area contributed by atoms with E-state index in [-0.39, 0.29) is 32.0 Å². The number of hydrogen-bond donors (Lipinski definition) is 1. The molecule has 0 unspecified atom stereocenters. The third-order valence-corrected chi connectivity index (χ3v) is 3.57. The quantitative estimate of drug-likeness (QED) is 0.714. The minimum atomic E-state index is -4.59. The van der Waals surface area contributed by atoms with Gasteiger partial charge in [0.1, 0.15) is 5.82 Å². The SMILES string of the molecule is Nc1cc(-c2cc(Cl)c(Cl)cc2Cl)c(C(F)(F)F)cn1. The first-order valence-corrected chi connectivity index (χ1v) is 6.31. The summed E-state index contributed by atoms with van der Waals surface area (Å²) in [5.74, 6) is -0.0601. The fourth-order valence-electron chi connectivity index (χ4n) is 1.65. The van der Waals surface area contributed by atoms with Gasteiger partial charge >= 0.3 is 6.18 Å². The van der Waals surface area contributed by atoms with Crippen molar-refractivity contribution in [2.45, 2.75) is 6.18 Å². The van der Waals surface area contributed by atoms with Crippen LogP contribution in [0, 0.1) is 0 Å². The highest BCUT2D eigenvalue weighted by atomic mass is 35.5. The van der Waals surface area contributed by atoms with Gasteiger partial charge in [0.2, 0.25) is 0 Å². The number of alkyl halides is 3. The van der Waals surface area contributed by atoms with Crippen molar-refractivity contribution in [3.63, 3.8) is 0 Å². The van der Waals surface area contributed by atoms with Crippen LogP contribution in [0.5, 0.6) is 0 Å². The molecule has 0 radical (unpaired) electrons. The topological polar surface area (TPSA) is 38.9 Å². The third kappa shape index (κ3) is 2.95. The van der Waals surface area contributed by atoms with Gasteiger partial charge in [0, 0.05) is 22.3 Å². The lowest BCUT2D eigenvalue weighted by atomic mass is 10.0. The number of hydrogen-bond acceptors (Lipinski definition) is 2. The number of halogens is 6. The van der Waals surface area contributed by atoms with Crippen molar-refractivity contribution in [3.05, 3.63) is 45.0 Å². The summed E-state index contributed by atoms with van der Waals surface area (Å²) >= 11 is 17.5. The summed E-state index contributed by atoms with van der Waals surface area (Å²) in [7, 11) is 0. The number of nitrogens with two attached hydrogens (primary N) is 1. The highest BCUT2D eigenvalue weighted by Gasteiger charge is 2.34. The van der Waals surface area contributed by atoms with E-state index in [1.165, 1.54) is 12.1 Å². The molecule has 2 nitrogen and oxygen atoms in total. The molecule has 2 aromatic rings. The number of anilines is 1. The molecule has 0 aliphatic heterocycles. The molecule has 2 rings (SSSR count). The largest absolute Gasteiger partial charge is 0.418 e. The summed E-state index contributed by atoms with van der Waals surface area (Å²) in [5.41, 5.74) is 4.38. The molecule has 1 aromatic heterocycles. The van der Waals surface area contributed by atoms with Gasteiger partial charge < -0.3 is 5.73 Å². The van der Waals surface area contributed by atoms with Crippen LogP contribution in [0.25, 0.3) is 11.1 Å². The van der Waals surface area contributed by atoms with Gasteiger partial charge in [0.15, 0.2) is 0 Å². The molecular weight excluding hydrogens is 335 g/mol. The average Bonchev–Trinajstić information content (AvgIpc) is 2.32. The summed E-state index contributed by atoms with van der Waals surface area (Å²) in [4.78, 5) is 3.46.